The second kappa shape index (κ2) is 4.20. The molecule has 1 N–H and O–H groups in total. The molecule has 62 valence electrons. The lowest BCUT2D eigenvalue weighted by molar-refractivity contribution is 0.111. The van der Waals surface area contributed by atoms with E-state index in [2.05, 4.69) is 18.4 Å². The molecule has 1 nitrogen and oxygen atoms in total. The van der Waals surface area contributed by atoms with Crippen LogP contribution in [0.2, 0.25) is 0 Å². The van der Waals surface area contributed by atoms with Crippen LogP contribution in [-0.4, -0.2) is 10.7 Å². The first-order valence-electron chi connectivity index (χ1n) is 3.89. The maximum Gasteiger partial charge on any atom is 0.123 e. The van der Waals surface area contributed by atoms with Crippen LogP contribution in [0.5, 0.6) is 0 Å². The van der Waals surface area contributed by atoms with E-state index in [1.54, 1.807) is 6.92 Å². The molecule has 0 saturated carbocycles. The topological polar surface area (TPSA) is 20.2 Å². The average Bonchev–Trinajstić information content (AvgIpc) is 1.84. The molecule has 0 saturated heterocycles. The summed E-state index contributed by atoms with van der Waals surface area (Å²) < 4.78 is 0. The van der Waals surface area contributed by atoms with Crippen LogP contribution >= 0.6 is 0 Å². The van der Waals surface area contributed by atoms with E-state index >= 15 is 0 Å². The van der Waals surface area contributed by atoms with Crippen molar-refractivity contribution in [3.05, 3.63) is 12.2 Å². The maximum atomic E-state index is 9.55. The third kappa shape index (κ3) is 5.69. The van der Waals surface area contributed by atoms with Gasteiger partial charge in [0.05, 0.1) is 0 Å². The Morgan fingerprint density at radius 3 is 2.55 bits per heavy atom. The highest BCUT2D eigenvalue weighted by molar-refractivity contribution is 5.27. The maximum absolute atomic E-state index is 9.55. The molecule has 0 aromatic heterocycles. The standard InChI is InChI=1S/C10H16O/c1-5-7-10(4,11)8-6-9(2)3/h11H,2,5,7H2,1,3-4H3. The predicted octanol–water partition coefficient (Wildman–Crippen LogP) is 2.12. The minimum atomic E-state index is -0.840. The Morgan fingerprint density at radius 1 is 1.64 bits per heavy atom. The molecule has 0 amide bonds. The molecule has 0 aromatic rings. The fourth-order valence-corrected chi connectivity index (χ4v) is 0.791. The molecule has 1 heteroatoms. The smallest absolute Gasteiger partial charge is 0.123 e. The van der Waals surface area contributed by atoms with Gasteiger partial charge in [-0.3, -0.25) is 0 Å². The summed E-state index contributed by atoms with van der Waals surface area (Å²) in [6, 6.07) is 0. The summed E-state index contributed by atoms with van der Waals surface area (Å²) in [5, 5.41) is 9.55. The monoisotopic (exact) mass is 152 g/mol. The van der Waals surface area contributed by atoms with E-state index in [1.165, 1.54) is 0 Å². The summed E-state index contributed by atoms with van der Waals surface area (Å²) in [4.78, 5) is 0. The lowest BCUT2D eigenvalue weighted by Crippen LogP contribution is -2.20. The predicted molar refractivity (Wildman–Crippen MR) is 48.1 cm³/mol. The molecule has 1 atom stereocenters. The average molecular weight is 152 g/mol. The first kappa shape index (κ1) is 10.3. The fraction of sp³-hybridized carbons (Fsp3) is 0.600. The molecule has 0 fully saturated rings. The number of aliphatic hydroxyl groups is 1. The van der Waals surface area contributed by atoms with Crippen LogP contribution in [0.25, 0.3) is 0 Å². The Bertz CT molecular complexity index is 191. The Morgan fingerprint density at radius 2 is 2.18 bits per heavy atom. The van der Waals surface area contributed by atoms with Crippen LogP contribution < -0.4 is 0 Å². The lowest BCUT2D eigenvalue weighted by atomic mass is 10.0. The molecule has 0 aliphatic heterocycles. The minimum absolute atomic E-state index is 0.716. The SMILES string of the molecule is C=C(C)C#CC(C)(O)CCC. The van der Waals surface area contributed by atoms with Gasteiger partial charge in [0.15, 0.2) is 0 Å². The van der Waals surface area contributed by atoms with Crippen molar-refractivity contribution in [3.63, 3.8) is 0 Å². The van der Waals surface area contributed by atoms with Crippen LogP contribution in [-0.2, 0) is 0 Å². The van der Waals surface area contributed by atoms with Crippen LogP contribution in [0.4, 0.5) is 0 Å². The van der Waals surface area contributed by atoms with Crippen molar-refractivity contribution in [1.29, 1.82) is 0 Å². The van der Waals surface area contributed by atoms with Gasteiger partial charge in [-0.25, -0.2) is 0 Å². The highest BCUT2D eigenvalue weighted by Crippen LogP contribution is 2.09. The van der Waals surface area contributed by atoms with Crippen molar-refractivity contribution >= 4 is 0 Å². The van der Waals surface area contributed by atoms with E-state index in [0.717, 1.165) is 12.0 Å². The van der Waals surface area contributed by atoms with Crippen molar-refractivity contribution in [3.8, 4) is 11.8 Å². The molecule has 11 heavy (non-hydrogen) atoms. The van der Waals surface area contributed by atoms with Gasteiger partial charge in [0.25, 0.3) is 0 Å². The van der Waals surface area contributed by atoms with E-state index in [-0.39, 0.29) is 0 Å². The van der Waals surface area contributed by atoms with Crippen LogP contribution in [0.3, 0.4) is 0 Å². The summed E-state index contributed by atoms with van der Waals surface area (Å²) >= 11 is 0. The molecule has 1 unspecified atom stereocenters. The zero-order chi connectivity index (χ0) is 8.91. The van der Waals surface area contributed by atoms with Crippen LogP contribution in [0, 0.1) is 11.8 Å². The first-order chi connectivity index (χ1) is 4.98. The molecule has 0 aliphatic rings. The minimum Gasteiger partial charge on any atom is -0.378 e. The van der Waals surface area contributed by atoms with Crippen molar-refractivity contribution in [1.82, 2.24) is 0 Å². The molecule has 0 rings (SSSR count). The largest absolute Gasteiger partial charge is 0.378 e. The van der Waals surface area contributed by atoms with Gasteiger partial charge in [0.2, 0.25) is 0 Å². The summed E-state index contributed by atoms with van der Waals surface area (Å²) in [7, 11) is 0. The normalized spacial score (nSPS) is 14.5. The van der Waals surface area contributed by atoms with Crippen LogP contribution in [0.15, 0.2) is 12.2 Å². The molecule has 0 radical (unpaired) electrons. The third-order valence-electron chi connectivity index (χ3n) is 1.28. The van der Waals surface area contributed by atoms with Crippen molar-refractivity contribution in [2.24, 2.45) is 0 Å². The molecule has 0 bridgehead atoms. The molecular formula is C10H16O. The Balaban J connectivity index is 4.13. The summed E-state index contributed by atoms with van der Waals surface area (Å²) in [6.07, 6.45) is 1.66. The number of hydrogen-bond acceptors (Lipinski definition) is 1. The summed E-state index contributed by atoms with van der Waals surface area (Å²) in [6.45, 7) is 9.22. The van der Waals surface area contributed by atoms with Gasteiger partial charge < -0.3 is 5.11 Å². The van der Waals surface area contributed by atoms with E-state index < -0.39 is 5.60 Å². The number of rotatable bonds is 2. The van der Waals surface area contributed by atoms with Gasteiger partial charge in [-0.1, -0.05) is 31.8 Å². The van der Waals surface area contributed by atoms with Gasteiger partial charge >= 0.3 is 0 Å². The molecule has 0 aliphatic carbocycles. The van der Waals surface area contributed by atoms with E-state index in [0.29, 0.717) is 6.42 Å². The van der Waals surface area contributed by atoms with Gasteiger partial charge in [-0.2, -0.15) is 0 Å². The van der Waals surface area contributed by atoms with Crippen molar-refractivity contribution < 1.29 is 5.11 Å². The zero-order valence-corrected chi connectivity index (χ0v) is 7.57. The van der Waals surface area contributed by atoms with Crippen LogP contribution in [0.1, 0.15) is 33.6 Å². The van der Waals surface area contributed by atoms with Gasteiger partial charge in [0, 0.05) is 0 Å². The van der Waals surface area contributed by atoms with E-state index in [4.69, 9.17) is 0 Å². The quantitative estimate of drug-likeness (QED) is 0.601. The molecule has 0 aromatic carbocycles. The summed E-state index contributed by atoms with van der Waals surface area (Å²) in [5.74, 6) is 5.54. The number of hydrogen-bond donors (Lipinski definition) is 1. The Hall–Kier alpha value is -0.740. The van der Waals surface area contributed by atoms with E-state index in [9.17, 15) is 5.11 Å². The van der Waals surface area contributed by atoms with Gasteiger partial charge in [-0.05, 0) is 25.8 Å². The molecule has 0 spiro atoms. The van der Waals surface area contributed by atoms with E-state index in [1.807, 2.05) is 13.8 Å². The Labute approximate surface area is 69.1 Å². The molecule has 0 heterocycles. The fourth-order valence-electron chi connectivity index (χ4n) is 0.791. The third-order valence-corrected chi connectivity index (χ3v) is 1.28. The highest BCUT2D eigenvalue weighted by Gasteiger charge is 2.13. The lowest BCUT2D eigenvalue weighted by Gasteiger charge is -2.13. The first-order valence-corrected chi connectivity index (χ1v) is 3.89. The van der Waals surface area contributed by atoms with Crippen molar-refractivity contribution in [2.75, 3.05) is 0 Å². The van der Waals surface area contributed by atoms with Crippen molar-refractivity contribution in [2.45, 2.75) is 39.2 Å². The summed E-state index contributed by atoms with van der Waals surface area (Å²) in [5.41, 5.74) is -0.0466. The zero-order valence-electron chi connectivity index (χ0n) is 7.57. The Kier molecular flexibility index (Phi) is 3.92. The van der Waals surface area contributed by atoms with Gasteiger partial charge in [0.1, 0.15) is 5.60 Å². The second-order valence-electron chi connectivity index (χ2n) is 3.05. The highest BCUT2D eigenvalue weighted by atomic mass is 16.3. The van der Waals surface area contributed by atoms with Gasteiger partial charge in [-0.15, -0.1) is 0 Å². The number of allylic oxidation sites excluding steroid dienone is 1. The second-order valence-corrected chi connectivity index (χ2v) is 3.05. The molecular weight excluding hydrogens is 136 g/mol.